The molecule has 4 unspecified atom stereocenters. The van der Waals surface area contributed by atoms with Crippen LogP contribution in [0, 0.1) is 23.2 Å². The number of thiophene rings is 1. The predicted molar refractivity (Wildman–Crippen MR) is 123 cm³/mol. The van der Waals surface area contributed by atoms with Crippen molar-refractivity contribution in [3.05, 3.63) is 39.4 Å². The van der Waals surface area contributed by atoms with Gasteiger partial charge in [0.1, 0.15) is 17.3 Å². The summed E-state index contributed by atoms with van der Waals surface area (Å²) in [6, 6.07) is 4.99. The first-order valence-electron chi connectivity index (χ1n) is 10.4. The van der Waals surface area contributed by atoms with Gasteiger partial charge in [-0.2, -0.15) is 0 Å². The van der Waals surface area contributed by atoms with Gasteiger partial charge in [0, 0.05) is 19.5 Å². The molecule has 5 rings (SSSR count). The predicted octanol–water partition coefficient (Wildman–Crippen LogP) is 2.01. The molecule has 2 aliphatic carbocycles. The molecule has 2 fully saturated rings. The SMILES string of the molecule is CCNc1cc(C#Cc2ccc(Cl)s2)nc2c1ncn2[C@H]1C(O)C(O)C2(C(=O)NC)CC12. The van der Waals surface area contributed by atoms with Crippen molar-refractivity contribution >= 4 is 45.7 Å². The summed E-state index contributed by atoms with van der Waals surface area (Å²) in [5, 5.41) is 27.5. The van der Waals surface area contributed by atoms with Gasteiger partial charge in [-0.15, -0.1) is 11.3 Å². The van der Waals surface area contributed by atoms with Crippen LogP contribution in [0.3, 0.4) is 0 Å². The number of hydrogen-bond acceptors (Lipinski definition) is 7. The molecule has 0 aliphatic heterocycles. The van der Waals surface area contributed by atoms with Crippen LogP contribution in [0.5, 0.6) is 0 Å². The molecule has 32 heavy (non-hydrogen) atoms. The Labute approximate surface area is 193 Å². The minimum absolute atomic E-state index is 0.197. The summed E-state index contributed by atoms with van der Waals surface area (Å²) in [7, 11) is 1.54. The van der Waals surface area contributed by atoms with Crippen molar-refractivity contribution < 1.29 is 15.0 Å². The first kappa shape index (κ1) is 21.2. The number of aromatic nitrogens is 3. The number of halogens is 1. The van der Waals surface area contributed by atoms with Crippen LogP contribution < -0.4 is 10.6 Å². The molecule has 0 bridgehead atoms. The number of hydrogen-bond donors (Lipinski definition) is 4. The number of nitrogens with zero attached hydrogens (tertiary/aromatic N) is 3. The smallest absolute Gasteiger partial charge is 0.229 e. The molecule has 0 saturated heterocycles. The summed E-state index contributed by atoms with van der Waals surface area (Å²) in [5.41, 5.74) is 1.56. The first-order valence-corrected chi connectivity index (χ1v) is 11.6. The highest BCUT2D eigenvalue weighted by Gasteiger charge is 2.75. The molecule has 5 atom stereocenters. The number of aliphatic hydroxyl groups excluding tert-OH is 2. The number of carbonyl (C=O) groups excluding carboxylic acids is 1. The molecule has 4 N–H and O–H groups in total. The molecule has 2 saturated carbocycles. The van der Waals surface area contributed by atoms with E-state index in [-0.39, 0.29) is 11.8 Å². The maximum Gasteiger partial charge on any atom is 0.229 e. The van der Waals surface area contributed by atoms with E-state index < -0.39 is 23.7 Å². The van der Waals surface area contributed by atoms with Crippen LogP contribution in [-0.2, 0) is 4.79 Å². The van der Waals surface area contributed by atoms with Crippen molar-refractivity contribution in [2.45, 2.75) is 31.6 Å². The third-order valence-corrected chi connectivity index (χ3v) is 7.57. The van der Waals surface area contributed by atoms with Crippen molar-refractivity contribution in [3.63, 3.8) is 0 Å². The van der Waals surface area contributed by atoms with E-state index in [0.29, 0.717) is 34.2 Å². The molecule has 3 aromatic heterocycles. The quantitative estimate of drug-likeness (QED) is 0.433. The van der Waals surface area contributed by atoms with E-state index in [2.05, 4.69) is 27.5 Å². The summed E-state index contributed by atoms with van der Waals surface area (Å²) in [5.74, 6) is 5.72. The third kappa shape index (κ3) is 3.10. The summed E-state index contributed by atoms with van der Waals surface area (Å²) >= 11 is 7.39. The summed E-state index contributed by atoms with van der Waals surface area (Å²) in [6.45, 7) is 2.67. The fourth-order valence-electron chi connectivity index (χ4n) is 4.91. The zero-order valence-electron chi connectivity index (χ0n) is 17.5. The third-order valence-electron chi connectivity index (χ3n) is 6.43. The van der Waals surface area contributed by atoms with Crippen LogP contribution >= 0.6 is 22.9 Å². The van der Waals surface area contributed by atoms with Gasteiger partial charge in [0.05, 0.1) is 38.8 Å². The van der Waals surface area contributed by atoms with Gasteiger partial charge in [0.25, 0.3) is 0 Å². The monoisotopic (exact) mass is 471 g/mol. The number of pyridine rings is 1. The number of carbonyl (C=O) groups is 1. The van der Waals surface area contributed by atoms with Gasteiger partial charge in [-0.05, 0) is 43.4 Å². The molecule has 10 heteroatoms. The van der Waals surface area contributed by atoms with Gasteiger partial charge in [-0.3, -0.25) is 4.79 Å². The Hall–Kier alpha value is -2.64. The molecule has 0 aromatic carbocycles. The lowest BCUT2D eigenvalue weighted by atomic mass is 9.98. The average Bonchev–Trinajstić information content (AvgIpc) is 3.03. The first-order chi connectivity index (χ1) is 15.4. The second-order valence-electron chi connectivity index (χ2n) is 8.12. The number of aliphatic hydroxyl groups is 2. The molecule has 8 nitrogen and oxygen atoms in total. The largest absolute Gasteiger partial charge is 0.389 e. The van der Waals surface area contributed by atoms with Crippen LogP contribution in [0.15, 0.2) is 24.5 Å². The molecule has 3 heterocycles. The highest BCUT2D eigenvalue weighted by atomic mass is 35.5. The molecule has 0 radical (unpaired) electrons. The van der Waals surface area contributed by atoms with E-state index in [4.69, 9.17) is 16.6 Å². The normalized spacial score (nSPS) is 28.2. The highest BCUT2D eigenvalue weighted by Crippen LogP contribution is 2.67. The summed E-state index contributed by atoms with van der Waals surface area (Å²) in [6.07, 6.45) is -0.118. The summed E-state index contributed by atoms with van der Waals surface area (Å²) < 4.78 is 2.45. The number of amides is 1. The number of imidazole rings is 1. The van der Waals surface area contributed by atoms with Crippen LogP contribution in [0.4, 0.5) is 5.69 Å². The van der Waals surface area contributed by atoms with Gasteiger partial charge < -0.3 is 25.4 Å². The van der Waals surface area contributed by atoms with Gasteiger partial charge >= 0.3 is 0 Å². The van der Waals surface area contributed by atoms with Crippen molar-refractivity contribution in [2.75, 3.05) is 18.9 Å². The zero-order chi connectivity index (χ0) is 22.6. The fraction of sp³-hybridized carbons (Fsp3) is 0.409. The van der Waals surface area contributed by atoms with Crippen molar-refractivity contribution in [2.24, 2.45) is 11.3 Å². The van der Waals surface area contributed by atoms with Crippen molar-refractivity contribution in [1.82, 2.24) is 19.9 Å². The average molecular weight is 472 g/mol. The van der Waals surface area contributed by atoms with E-state index in [0.717, 1.165) is 10.6 Å². The standard InChI is InChI=1S/C22H22ClN5O3S/c1-3-25-14-8-11(4-5-12-6-7-15(23)32-12)27-20-16(14)26-10-28(20)17-13-9-22(13,21(31)24-2)19(30)18(17)29/h6-8,10,13,17-19,29-30H,3,9H2,1-2H3,(H,24,31)(H,25,27)/t13?,17-,18?,19?,22?/m1/s1. The van der Waals surface area contributed by atoms with Crippen LogP contribution in [-0.4, -0.2) is 56.5 Å². The Morgan fingerprint density at radius 3 is 2.91 bits per heavy atom. The Kier molecular flexibility index (Phi) is 5.13. The van der Waals surface area contributed by atoms with Gasteiger partial charge in [0.2, 0.25) is 5.91 Å². The maximum absolute atomic E-state index is 12.5. The zero-order valence-corrected chi connectivity index (χ0v) is 19.0. The minimum Gasteiger partial charge on any atom is -0.389 e. The molecule has 166 valence electrons. The Balaban J connectivity index is 1.59. The minimum atomic E-state index is -1.14. The van der Waals surface area contributed by atoms with E-state index in [1.165, 1.54) is 11.3 Å². The van der Waals surface area contributed by atoms with E-state index >= 15 is 0 Å². The van der Waals surface area contributed by atoms with E-state index in [9.17, 15) is 15.0 Å². The molecular weight excluding hydrogens is 450 g/mol. The maximum atomic E-state index is 12.5. The molecule has 3 aromatic rings. The van der Waals surface area contributed by atoms with Crippen molar-refractivity contribution in [1.29, 1.82) is 0 Å². The number of fused-ring (bicyclic) bond motifs is 2. The van der Waals surface area contributed by atoms with Crippen LogP contribution in [0.2, 0.25) is 4.34 Å². The van der Waals surface area contributed by atoms with Crippen LogP contribution in [0.1, 0.15) is 30.0 Å². The van der Waals surface area contributed by atoms with E-state index in [1.54, 1.807) is 24.0 Å². The Morgan fingerprint density at radius 1 is 1.41 bits per heavy atom. The lowest BCUT2D eigenvalue weighted by Crippen LogP contribution is -2.41. The van der Waals surface area contributed by atoms with Gasteiger partial charge in [-0.25, -0.2) is 9.97 Å². The van der Waals surface area contributed by atoms with Crippen molar-refractivity contribution in [3.8, 4) is 11.8 Å². The lowest BCUT2D eigenvalue weighted by molar-refractivity contribution is -0.132. The molecule has 2 aliphatic rings. The van der Waals surface area contributed by atoms with Gasteiger partial charge in [0.15, 0.2) is 5.65 Å². The summed E-state index contributed by atoms with van der Waals surface area (Å²) in [4.78, 5) is 22.5. The number of anilines is 1. The Morgan fingerprint density at radius 2 is 2.22 bits per heavy atom. The fourth-order valence-corrected chi connectivity index (χ4v) is 5.80. The highest BCUT2D eigenvalue weighted by molar-refractivity contribution is 7.16. The molecule has 0 spiro atoms. The number of rotatable bonds is 4. The molecular formula is C22H22ClN5O3S. The Bertz CT molecular complexity index is 1280. The van der Waals surface area contributed by atoms with E-state index in [1.807, 2.05) is 19.1 Å². The topological polar surface area (TPSA) is 112 Å². The number of nitrogens with one attached hydrogen (secondary N) is 2. The lowest BCUT2D eigenvalue weighted by Gasteiger charge is -2.23. The second kappa shape index (κ2) is 7.74. The molecule has 1 amide bonds. The second-order valence-corrected chi connectivity index (χ2v) is 9.83. The van der Waals surface area contributed by atoms with Crippen LogP contribution in [0.25, 0.3) is 11.2 Å². The van der Waals surface area contributed by atoms with Gasteiger partial charge in [-0.1, -0.05) is 11.6 Å².